The SMILES string of the molecule is Cc1nn(C)c(CC(NN)c2ncn[nH]2)c1Cl. The highest BCUT2D eigenvalue weighted by Crippen LogP contribution is 2.23. The lowest BCUT2D eigenvalue weighted by molar-refractivity contribution is 0.506. The van der Waals surface area contributed by atoms with Gasteiger partial charge < -0.3 is 0 Å². The Hall–Kier alpha value is -1.44. The maximum absolute atomic E-state index is 6.18. The van der Waals surface area contributed by atoms with E-state index in [9.17, 15) is 0 Å². The van der Waals surface area contributed by atoms with Gasteiger partial charge in [-0.25, -0.2) is 10.4 Å². The van der Waals surface area contributed by atoms with Gasteiger partial charge in [0.05, 0.1) is 22.5 Å². The van der Waals surface area contributed by atoms with Crippen molar-refractivity contribution < 1.29 is 0 Å². The zero-order valence-electron chi connectivity index (χ0n) is 9.61. The van der Waals surface area contributed by atoms with Crippen LogP contribution < -0.4 is 11.3 Å². The molecule has 2 heterocycles. The molecule has 0 aliphatic carbocycles. The van der Waals surface area contributed by atoms with Gasteiger partial charge in [0, 0.05) is 13.5 Å². The lowest BCUT2D eigenvalue weighted by atomic mass is 10.1. The van der Waals surface area contributed by atoms with Crippen LogP contribution in [0.1, 0.15) is 23.3 Å². The van der Waals surface area contributed by atoms with E-state index in [2.05, 4.69) is 25.7 Å². The maximum atomic E-state index is 6.18. The van der Waals surface area contributed by atoms with E-state index in [1.807, 2.05) is 14.0 Å². The first-order chi connectivity index (χ1) is 8.13. The van der Waals surface area contributed by atoms with E-state index in [1.165, 1.54) is 6.33 Å². The molecule has 0 aliphatic rings. The molecule has 1 atom stereocenters. The molecule has 92 valence electrons. The summed E-state index contributed by atoms with van der Waals surface area (Å²) in [6.07, 6.45) is 2.03. The molecule has 0 fully saturated rings. The normalized spacial score (nSPS) is 12.9. The van der Waals surface area contributed by atoms with Crippen molar-refractivity contribution in [2.75, 3.05) is 0 Å². The lowest BCUT2D eigenvalue weighted by Crippen LogP contribution is -2.31. The minimum absolute atomic E-state index is 0.176. The number of hydrogen-bond donors (Lipinski definition) is 3. The summed E-state index contributed by atoms with van der Waals surface area (Å²) < 4.78 is 1.75. The van der Waals surface area contributed by atoms with Crippen molar-refractivity contribution in [3.8, 4) is 0 Å². The van der Waals surface area contributed by atoms with Crippen molar-refractivity contribution >= 4 is 11.6 Å². The summed E-state index contributed by atoms with van der Waals surface area (Å²) in [4.78, 5) is 4.07. The van der Waals surface area contributed by atoms with Crippen molar-refractivity contribution in [1.82, 2.24) is 30.4 Å². The first-order valence-electron chi connectivity index (χ1n) is 5.12. The summed E-state index contributed by atoms with van der Waals surface area (Å²) in [6, 6.07) is -0.176. The fraction of sp³-hybridized carbons (Fsp3) is 0.444. The number of rotatable bonds is 4. The Morgan fingerprint density at radius 3 is 2.88 bits per heavy atom. The molecule has 0 spiro atoms. The summed E-state index contributed by atoms with van der Waals surface area (Å²) in [6.45, 7) is 1.87. The Balaban J connectivity index is 2.24. The average molecular weight is 256 g/mol. The standard InChI is InChI=1S/C9H14ClN7/c1-5-8(10)7(17(2)16-5)3-6(14-11)9-12-4-13-15-9/h4,6,14H,3,11H2,1-2H3,(H,12,13,15). The third kappa shape index (κ3) is 2.31. The summed E-state index contributed by atoms with van der Waals surface area (Å²) >= 11 is 6.18. The highest BCUT2D eigenvalue weighted by Gasteiger charge is 2.19. The second kappa shape index (κ2) is 4.82. The zero-order chi connectivity index (χ0) is 12.4. The van der Waals surface area contributed by atoms with E-state index >= 15 is 0 Å². The molecule has 4 N–H and O–H groups in total. The highest BCUT2D eigenvalue weighted by molar-refractivity contribution is 6.31. The Morgan fingerprint density at radius 2 is 2.41 bits per heavy atom. The Bertz CT molecular complexity index is 490. The number of hydrogen-bond acceptors (Lipinski definition) is 5. The summed E-state index contributed by atoms with van der Waals surface area (Å²) in [5, 5.41) is 11.5. The van der Waals surface area contributed by atoms with Crippen LogP contribution >= 0.6 is 11.6 Å². The van der Waals surface area contributed by atoms with Crippen LogP contribution in [-0.4, -0.2) is 25.0 Å². The van der Waals surface area contributed by atoms with Crippen molar-refractivity contribution in [3.63, 3.8) is 0 Å². The number of hydrazine groups is 1. The third-order valence-corrected chi connectivity index (χ3v) is 3.12. The first kappa shape index (κ1) is 12.0. The van der Waals surface area contributed by atoms with Crippen LogP contribution in [0.5, 0.6) is 0 Å². The van der Waals surface area contributed by atoms with E-state index in [4.69, 9.17) is 17.4 Å². The molecule has 7 nitrogen and oxygen atoms in total. The van der Waals surface area contributed by atoms with Crippen LogP contribution in [0.2, 0.25) is 5.02 Å². The second-order valence-electron chi connectivity index (χ2n) is 3.76. The molecule has 17 heavy (non-hydrogen) atoms. The molecular formula is C9H14ClN7. The molecule has 0 bridgehead atoms. The molecule has 0 aromatic carbocycles. The quantitative estimate of drug-likeness (QED) is 0.537. The van der Waals surface area contributed by atoms with Gasteiger partial charge in [0.15, 0.2) is 0 Å². The van der Waals surface area contributed by atoms with Crippen LogP contribution in [0.4, 0.5) is 0 Å². The van der Waals surface area contributed by atoms with Gasteiger partial charge in [0.1, 0.15) is 12.2 Å². The van der Waals surface area contributed by atoms with E-state index < -0.39 is 0 Å². The van der Waals surface area contributed by atoms with Crippen molar-refractivity contribution in [2.45, 2.75) is 19.4 Å². The van der Waals surface area contributed by atoms with E-state index in [0.717, 1.165) is 11.4 Å². The molecule has 0 aliphatic heterocycles. The topological polar surface area (TPSA) is 97.4 Å². The van der Waals surface area contributed by atoms with Gasteiger partial charge in [-0.3, -0.25) is 15.6 Å². The molecule has 2 aromatic heterocycles. The van der Waals surface area contributed by atoms with Crippen LogP contribution in [0, 0.1) is 6.92 Å². The third-order valence-electron chi connectivity index (χ3n) is 2.62. The first-order valence-corrected chi connectivity index (χ1v) is 5.50. The van der Waals surface area contributed by atoms with Gasteiger partial charge in [-0.05, 0) is 6.92 Å². The van der Waals surface area contributed by atoms with E-state index in [0.29, 0.717) is 17.3 Å². The molecule has 0 saturated carbocycles. The number of nitrogens with one attached hydrogen (secondary N) is 2. The predicted octanol–water partition coefficient (Wildman–Crippen LogP) is 0.247. The summed E-state index contributed by atoms with van der Waals surface area (Å²) in [7, 11) is 1.85. The zero-order valence-corrected chi connectivity index (χ0v) is 10.4. The Labute approximate surface area is 103 Å². The minimum atomic E-state index is -0.176. The van der Waals surface area contributed by atoms with Crippen molar-refractivity contribution in [2.24, 2.45) is 12.9 Å². The van der Waals surface area contributed by atoms with E-state index in [1.54, 1.807) is 4.68 Å². The molecule has 1 unspecified atom stereocenters. The molecule has 8 heteroatoms. The second-order valence-corrected chi connectivity index (χ2v) is 4.14. The predicted molar refractivity (Wildman–Crippen MR) is 63.1 cm³/mol. The average Bonchev–Trinajstić information content (AvgIpc) is 2.89. The highest BCUT2D eigenvalue weighted by atomic mass is 35.5. The van der Waals surface area contributed by atoms with Crippen LogP contribution in [0.3, 0.4) is 0 Å². The van der Waals surface area contributed by atoms with Gasteiger partial charge in [-0.1, -0.05) is 11.6 Å². The smallest absolute Gasteiger partial charge is 0.143 e. The summed E-state index contributed by atoms with van der Waals surface area (Å²) in [5.74, 6) is 6.18. The van der Waals surface area contributed by atoms with Gasteiger partial charge in [0.25, 0.3) is 0 Å². The lowest BCUT2D eigenvalue weighted by Gasteiger charge is -2.13. The number of nitrogens with zero attached hydrogens (tertiary/aromatic N) is 4. The summed E-state index contributed by atoms with van der Waals surface area (Å²) in [5.41, 5.74) is 4.39. The number of aryl methyl sites for hydroxylation is 2. The van der Waals surface area contributed by atoms with Crippen LogP contribution in [0.25, 0.3) is 0 Å². The van der Waals surface area contributed by atoms with Gasteiger partial charge in [0.2, 0.25) is 0 Å². The van der Waals surface area contributed by atoms with Gasteiger partial charge in [-0.2, -0.15) is 10.2 Å². The van der Waals surface area contributed by atoms with E-state index in [-0.39, 0.29) is 6.04 Å². The Kier molecular flexibility index (Phi) is 3.41. The number of aromatic nitrogens is 5. The molecule has 0 radical (unpaired) electrons. The monoisotopic (exact) mass is 255 g/mol. The number of aromatic amines is 1. The van der Waals surface area contributed by atoms with Crippen molar-refractivity contribution in [1.29, 1.82) is 0 Å². The number of halogens is 1. The molecule has 0 saturated heterocycles. The molecule has 0 amide bonds. The van der Waals surface area contributed by atoms with Crippen molar-refractivity contribution in [3.05, 3.63) is 28.6 Å². The maximum Gasteiger partial charge on any atom is 0.143 e. The number of H-pyrrole nitrogens is 1. The Morgan fingerprint density at radius 1 is 1.65 bits per heavy atom. The minimum Gasteiger partial charge on any atom is -0.271 e. The molecule has 2 aromatic rings. The van der Waals surface area contributed by atoms with Crippen LogP contribution in [0.15, 0.2) is 6.33 Å². The largest absolute Gasteiger partial charge is 0.271 e. The van der Waals surface area contributed by atoms with Gasteiger partial charge in [-0.15, -0.1) is 0 Å². The van der Waals surface area contributed by atoms with Crippen LogP contribution in [-0.2, 0) is 13.5 Å². The molecular weight excluding hydrogens is 242 g/mol. The molecule has 2 rings (SSSR count). The fourth-order valence-corrected chi connectivity index (χ4v) is 1.95. The van der Waals surface area contributed by atoms with Gasteiger partial charge >= 0.3 is 0 Å². The number of nitrogens with two attached hydrogens (primary N) is 1. The fourth-order valence-electron chi connectivity index (χ4n) is 1.71.